The van der Waals surface area contributed by atoms with E-state index in [-0.39, 0.29) is 24.9 Å². The van der Waals surface area contributed by atoms with E-state index in [2.05, 4.69) is 99.0 Å². The Morgan fingerprint density at radius 1 is 0.485 bits per heavy atom. The van der Waals surface area contributed by atoms with Crippen LogP contribution in [0.3, 0.4) is 0 Å². The molecule has 3 atom stereocenters. The first kappa shape index (κ1) is 63.0. The van der Waals surface area contributed by atoms with Crippen molar-refractivity contribution in [3.63, 3.8) is 0 Å². The minimum atomic E-state index is -0.819. The normalized spacial score (nSPS) is 13.8. The highest BCUT2D eigenvalue weighted by Crippen LogP contribution is 2.17. The number of hydrogen-bond donors (Lipinski definition) is 3. The number of carbonyl (C=O) groups is 2. The number of nitrogens with one attached hydrogen (secondary N) is 1. The van der Waals surface area contributed by atoms with E-state index in [1.54, 1.807) is 0 Å². The summed E-state index contributed by atoms with van der Waals surface area (Å²) in [6.07, 6.45) is 69.5. The van der Waals surface area contributed by atoms with E-state index in [1.165, 1.54) is 135 Å². The van der Waals surface area contributed by atoms with Crippen molar-refractivity contribution in [1.29, 1.82) is 0 Å². The van der Waals surface area contributed by atoms with Crippen molar-refractivity contribution < 1.29 is 24.5 Å². The lowest BCUT2D eigenvalue weighted by Gasteiger charge is -2.24. The average molecular weight is 921 g/mol. The number of aliphatic hydroxyl groups is 2. The molecule has 3 N–H and O–H groups in total. The summed E-state index contributed by atoms with van der Waals surface area (Å²) in [4.78, 5) is 26.2. The molecule has 0 aromatic carbocycles. The fraction of sp³-hybridized carbons (Fsp3) is 0.733. The molecule has 1 amide bonds. The molecule has 0 aliphatic carbocycles. The summed E-state index contributed by atoms with van der Waals surface area (Å²) >= 11 is 0. The first-order chi connectivity index (χ1) is 32.5. The Hall–Kier alpha value is -2.96. The van der Waals surface area contributed by atoms with Gasteiger partial charge in [-0.15, -0.1) is 0 Å². The van der Waals surface area contributed by atoms with Crippen molar-refractivity contribution in [2.45, 2.75) is 277 Å². The molecule has 0 rings (SSSR count). The summed E-state index contributed by atoms with van der Waals surface area (Å²) in [6, 6.07) is -0.739. The first-order valence-electron chi connectivity index (χ1n) is 27.8. The van der Waals surface area contributed by atoms with Gasteiger partial charge in [0.25, 0.3) is 0 Å². The zero-order valence-corrected chi connectivity index (χ0v) is 43.3. The SMILES string of the molecule is CC/C=C\C/C=C\C/C=C\C/C=C\C/C=C\CC(CC(=O)NC(CO)C(O)CCCCCCCCCCCCCCCCCCC)OC(=O)CCCCCCCC/C=C/C=C/CCCCC. The lowest BCUT2D eigenvalue weighted by molar-refractivity contribution is -0.150. The van der Waals surface area contributed by atoms with Gasteiger partial charge >= 0.3 is 5.97 Å². The third-order valence-electron chi connectivity index (χ3n) is 12.2. The molecule has 0 aliphatic rings. The van der Waals surface area contributed by atoms with Crippen LogP contribution in [0.2, 0.25) is 0 Å². The minimum Gasteiger partial charge on any atom is -0.461 e. The lowest BCUT2D eigenvalue weighted by atomic mass is 10.0. The Morgan fingerprint density at radius 3 is 1.35 bits per heavy atom. The van der Waals surface area contributed by atoms with Crippen molar-refractivity contribution in [1.82, 2.24) is 5.32 Å². The highest BCUT2D eigenvalue weighted by molar-refractivity contribution is 5.77. The molecular weight excluding hydrogens is 815 g/mol. The van der Waals surface area contributed by atoms with Crippen LogP contribution in [0.5, 0.6) is 0 Å². The number of hydrogen-bond acceptors (Lipinski definition) is 5. The van der Waals surface area contributed by atoms with Crippen molar-refractivity contribution in [3.05, 3.63) is 85.1 Å². The van der Waals surface area contributed by atoms with Gasteiger partial charge in [-0.25, -0.2) is 0 Å². The predicted molar refractivity (Wildman–Crippen MR) is 287 cm³/mol. The van der Waals surface area contributed by atoms with Crippen molar-refractivity contribution in [2.24, 2.45) is 0 Å². The van der Waals surface area contributed by atoms with Gasteiger partial charge in [-0.2, -0.15) is 0 Å². The number of amides is 1. The van der Waals surface area contributed by atoms with Crippen LogP contribution in [0.25, 0.3) is 0 Å². The third-order valence-corrected chi connectivity index (χ3v) is 12.2. The maximum absolute atomic E-state index is 13.2. The fourth-order valence-corrected chi connectivity index (χ4v) is 8.03. The fourth-order valence-electron chi connectivity index (χ4n) is 8.03. The monoisotopic (exact) mass is 920 g/mol. The Morgan fingerprint density at radius 2 is 0.879 bits per heavy atom. The zero-order chi connectivity index (χ0) is 48.1. The highest BCUT2D eigenvalue weighted by atomic mass is 16.5. The molecule has 0 heterocycles. The van der Waals surface area contributed by atoms with Crippen LogP contribution < -0.4 is 5.32 Å². The van der Waals surface area contributed by atoms with Gasteiger partial charge in [-0.3, -0.25) is 9.59 Å². The van der Waals surface area contributed by atoms with E-state index >= 15 is 0 Å². The van der Waals surface area contributed by atoms with Gasteiger partial charge in [0.1, 0.15) is 6.10 Å². The molecule has 6 heteroatoms. The Balaban J connectivity index is 4.67. The van der Waals surface area contributed by atoms with E-state index in [9.17, 15) is 19.8 Å². The zero-order valence-electron chi connectivity index (χ0n) is 43.3. The largest absolute Gasteiger partial charge is 0.461 e. The molecule has 0 fully saturated rings. The molecule has 3 unspecified atom stereocenters. The van der Waals surface area contributed by atoms with Crippen molar-refractivity contribution >= 4 is 11.9 Å². The van der Waals surface area contributed by atoms with Crippen LogP contribution >= 0.6 is 0 Å². The Bertz CT molecular complexity index is 1260. The van der Waals surface area contributed by atoms with Gasteiger partial charge in [0, 0.05) is 12.8 Å². The van der Waals surface area contributed by atoms with Gasteiger partial charge in [-0.1, -0.05) is 254 Å². The molecule has 66 heavy (non-hydrogen) atoms. The average Bonchev–Trinajstić information content (AvgIpc) is 3.31. The van der Waals surface area contributed by atoms with Gasteiger partial charge in [0.05, 0.1) is 25.2 Å². The maximum atomic E-state index is 13.2. The molecule has 0 saturated carbocycles. The van der Waals surface area contributed by atoms with Crippen molar-refractivity contribution in [2.75, 3.05) is 6.61 Å². The molecule has 0 aromatic heterocycles. The summed E-state index contributed by atoms with van der Waals surface area (Å²) in [5.41, 5.74) is 0. The van der Waals surface area contributed by atoms with Crippen LogP contribution in [0, 0.1) is 0 Å². The Kier molecular flexibility index (Phi) is 50.6. The van der Waals surface area contributed by atoms with Crippen LogP contribution in [-0.2, 0) is 14.3 Å². The molecule has 0 aliphatic heterocycles. The molecule has 6 nitrogen and oxygen atoms in total. The molecule has 0 aromatic rings. The van der Waals surface area contributed by atoms with Crippen LogP contribution in [0.1, 0.15) is 258 Å². The van der Waals surface area contributed by atoms with Crippen LogP contribution in [-0.4, -0.2) is 46.9 Å². The number of unbranched alkanes of at least 4 members (excludes halogenated alkanes) is 25. The van der Waals surface area contributed by atoms with E-state index in [4.69, 9.17) is 4.74 Å². The van der Waals surface area contributed by atoms with E-state index < -0.39 is 18.2 Å². The number of esters is 1. The van der Waals surface area contributed by atoms with Crippen LogP contribution in [0.15, 0.2) is 85.1 Å². The summed E-state index contributed by atoms with van der Waals surface area (Å²) in [6.45, 7) is 6.32. The molecular formula is C60H105NO5. The molecule has 0 saturated heterocycles. The van der Waals surface area contributed by atoms with E-state index in [0.29, 0.717) is 19.3 Å². The van der Waals surface area contributed by atoms with E-state index in [0.717, 1.165) is 77.0 Å². The highest BCUT2D eigenvalue weighted by Gasteiger charge is 2.23. The molecule has 380 valence electrons. The van der Waals surface area contributed by atoms with Gasteiger partial charge in [0.2, 0.25) is 5.91 Å². The third kappa shape index (κ3) is 47.5. The smallest absolute Gasteiger partial charge is 0.306 e. The van der Waals surface area contributed by atoms with Gasteiger partial charge in [0.15, 0.2) is 0 Å². The Labute approximate surface area is 408 Å². The predicted octanol–water partition coefficient (Wildman–Crippen LogP) is 17.1. The van der Waals surface area contributed by atoms with Gasteiger partial charge < -0.3 is 20.3 Å². The summed E-state index contributed by atoms with van der Waals surface area (Å²) in [5.74, 6) is -0.593. The minimum absolute atomic E-state index is 0.00844. The topological polar surface area (TPSA) is 95.9 Å². The number of ether oxygens (including phenoxy) is 1. The molecule has 0 radical (unpaired) electrons. The van der Waals surface area contributed by atoms with Gasteiger partial charge in [-0.05, 0) is 70.6 Å². The number of aliphatic hydroxyl groups excluding tert-OH is 2. The number of carbonyl (C=O) groups excluding carboxylic acids is 2. The quantitative estimate of drug-likeness (QED) is 0.0245. The van der Waals surface area contributed by atoms with Crippen molar-refractivity contribution in [3.8, 4) is 0 Å². The summed E-state index contributed by atoms with van der Waals surface area (Å²) in [5, 5.41) is 23.8. The molecule has 0 spiro atoms. The first-order valence-corrected chi connectivity index (χ1v) is 27.8. The standard InChI is InChI=1S/C60H105NO5/c1-4-7-10-13-16-19-22-25-28-29-32-34-37-40-43-46-49-52-58(63)57(55-62)61-59(64)54-56(51-48-45-42-39-36-33-30-26-23-20-17-14-11-8-5-2)66-60(65)53-50-47-44-41-38-35-31-27-24-21-18-15-12-9-6-3/h8,11,17-18,20-21,24,26-27,30,36,39,45,48,56-58,62-63H,4-7,9-10,12-16,19,22-23,25,28-29,31-35,37-38,40-44,46-47,49-55H2,1-3H3,(H,61,64)/b11-8-,20-17-,21-18+,27-24+,30-26-,39-36-,48-45-. The summed E-state index contributed by atoms with van der Waals surface area (Å²) < 4.78 is 5.88. The second kappa shape index (κ2) is 53.0. The number of allylic oxidation sites excluding steroid dienone is 13. The second-order valence-corrected chi connectivity index (χ2v) is 18.6. The number of rotatable bonds is 49. The lowest BCUT2D eigenvalue weighted by Crippen LogP contribution is -2.46. The van der Waals surface area contributed by atoms with E-state index in [1.807, 2.05) is 12.2 Å². The maximum Gasteiger partial charge on any atom is 0.306 e. The second-order valence-electron chi connectivity index (χ2n) is 18.6. The summed E-state index contributed by atoms with van der Waals surface area (Å²) in [7, 11) is 0. The molecule has 0 bridgehead atoms. The van der Waals surface area contributed by atoms with Crippen LogP contribution in [0.4, 0.5) is 0 Å².